The van der Waals surface area contributed by atoms with Gasteiger partial charge in [-0.3, -0.25) is 9.36 Å². The van der Waals surface area contributed by atoms with Crippen molar-refractivity contribution in [3.8, 4) is 0 Å². The zero-order valence-corrected chi connectivity index (χ0v) is 14.1. The van der Waals surface area contributed by atoms with E-state index in [1.54, 1.807) is 18.2 Å². The van der Waals surface area contributed by atoms with Gasteiger partial charge in [0.25, 0.3) is 0 Å². The molecular weight excluding hydrogens is 341 g/mol. The van der Waals surface area contributed by atoms with E-state index < -0.39 is 5.76 Å². The van der Waals surface area contributed by atoms with Crippen molar-refractivity contribution in [3.63, 3.8) is 0 Å². The number of aryl methyl sites for hydroxylation is 1. The fourth-order valence-corrected chi connectivity index (χ4v) is 2.90. The van der Waals surface area contributed by atoms with Gasteiger partial charge in [-0.25, -0.2) is 4.79 Å². The SMILES string of the molecule is Cl.O=C(CCn1c(=O)oc2cc(Cl)ccc21)N[C@H]1CCCNC1. The Hall–Kier alpha value is -1.50. The van der Waals surface area contributed by atoms with Gasteiger partial charge in [0, 0.05) is 36.6 Å². The summed E-state index contributed by atoms with van der Waals surface area (Å²) >= 11 is 5.87. The molecule has 6 nitrogen and oxygen atoms in total. The van der Waals surface area contributed by atoms with E-state index in [-0.39, 0.29) is 30.8 Å². The minimum absolute atomic E-state index is 0. The predicted molar refractivity (Wildman–Crippen MR) is 91.4 cm³/mol. The Kier molecular flexibility index (Phi) is 6.10. The van der Waals surface area contributed by atoms with Crippen molar-refractivity contribution in [1.29, 1.82) is 0 Å². The van der Waals surface area contributed by atoms with Crippen LogP contribution in [0.1, 0.15) is 19.3 Å². The molecule has 1 fully saturated rings. The Morgan fingerprint density at radius 3 is 3.04 bits per heavy atom. The third kappa shape index (κ3) is 4.28. The lowest BCUT2D eigenvalue weighted by molar-refractivity contribution is -0.122. The topological polar surface area (TPSA) is 76.3 Å². The number of aromatic nitrogens is 1. The number of nitrogens with one attached hydrogen (secondary N) is 2. The van der Waals surface area contributed by atoms with Gasteiger partial charge in [0.05, 0.1) is 5.52 Å². The quantitative estimate of drug-likeness (QED) is 0.874. The van der Waals surface area contributed by atoms with Gasteiger partial charge in [0.1, 0.15) is 0 Å². The van der Waals surface area contributed by atoms with Gasteiger partial charge in [-0.1, -0.05) is 11.6 Å². The molecule has 0 unspecified atom stereocenters. The second-order valence-electron chi connectivity index (χ2n) is 5.49. The zero-order chi connectivity index (χ0) is 15.5. The molecule has 1 saturated heterocycles. The van der Waals surface area contributed by atoms with Crippen molar-refractivity contribution in [3.05, 3.63) is 33.8 Å². The Balaban J connectivity index is 0.00000192. The maximum Gasteiger partial charge on any atom is 0.419 e. The number of oxazole rings is 1. The molecular formula is C15H19Cl2N3O3. The molecule has 0 bridgehead atoms. The average molecular weight is 360 g/mol. The first kappa shape index (κ1) is 17.8. The molecule has 0 aliphatic carbocycles. The van der Waals surface area contributed by atoms with Crippen LogP contribution in [0.25, 0.3) is 11.1 Å². The summed E-state index contributed by atoms with van der Waals surface area (Å²) in [4.78, 5) is 23.9. The molecule has 1 aliphatic heterocycles. The van der Waals surface area contributed by atoms with E-state index in [4.69, 9.17) is 16.0 Å². The van der Waals surface area contributed by atoms with Crippen molar-refractivity contribution in [2.45, 2.75) is 31.8 Å². The predicted octanol–water partition coefficient (Wildman–Crippen LogP) is 1.93. The van der Waals surface area contributed by atoms with Crippen LogP contribution in [0, 0.1) is 0 Å². The molecule has 2 aromatic rings. The van der Waals surface area contributed by atoms with E-state index in [0.29, 0.717) is 22.7 Å². The van der Waals surface area contributed by atoms with Gasteiger partial charge in [-0.05, 0) is 31.5 Å². The van der Waals surface area contributed by atoms with E-state index >= 15 is 0 Å². The van der Waals surface area contributed by atoms with Gasteiger partial charge >= 0.3 is 5.76 Å². The first-order chi connectivity index (χ1) is 10.6. The molecule has 126 valence electrons. The number of piperidine rings is 1. The van der Waals surface area contributed by atoms with Crippen LogP contribution < -0.4 is 16.4 Å². The van der Waals surface area contributed by atoms with Crippen LogP contribution in [0.3, 0.4) is 0 Å². The third-order valence-corrected chi connectivity index (χ3v) is 4.09. The van der Waals surface area contributed by atoms with Gasteiger partial charge in [-0.2, -0.15) is 0 Å². The van der Waals surface area contributed by atoms with Crippen molar-refractivity contribution in [2.24, 2.45) is 0 Å². The lowest BCUT2D eigenvalue weighted by Gasteiger charge is -2.23. The summed E-state index contributed by atoms with van der Waals surface area (Å²) in [7, 11) is 0. The van der Waals surface area contributed by atoms with Crippen LogP contribution in [-0.2, 0) is 11.3 Å². The summed E-state index contributed by atoms with van der Waals surface area (Å²) in [6.07, 6.45) is 2.30. The van der Waals surface area contributed by atoms with E-state index in [1.165, 1.54) is 4.57 Å². The van der Waals surface area contributed by atoms with E-state index in [0.717, 1.165) is 25.9 Å². The molecule has 1 aromatic carbocycles. The second-order valence-corrected chi connectivity index (χ2v) is 5.93. The van der Waals surface area contributed by atoms with Crippen molar-refractivity contribution < 1.29 is 9.21 Å². The monoisotopic (exact) mass is 359 g/mol. The highest BCUT2D eigenvalue weighted by Gasteiger charge is 2.16. The van der Waals surface area contributed by atoms with Crippen LogP contribution >= 0.6 is 24.0 Å². The van der Waals surface area contributed by atoms with Gasteiger partial charge in [0.15, 0.2) is 5.58 Å². The summed E-state index contributed by atoms with van der Waals surface area (Å²) in [5.41, 5.74) is 1.09. The number of nitrogens with zero attached hydrogens (tertiary/aromatic N) is 1. The fraction of sp³-hybridized carbons (Fsp3) is 0.467. The molecule has 8 heteroatoms. The summed E-state index contributed by atoms with van der Waals surface area (Å²) in [6, 6.07) is 5.20. The molecule has 0 saturated carbocycles. The lowest BCUT2D eigenvalue weighted by atomic mass is 10.1. The molecule has 0 spiro atoms. The van der Waals surface area contributed by atoms with Crippen molar-refractivity contribution >= 4 is 41.0 Å². The maximum atomic E-state index is 12.0. The molecule has 0 radical (unpaired) electrons. The number of hydrogen-bond donors (Lipinski definition) is 2. The molecule has 23 heavy (non-hydrogen) atoms. The summed E-state index contributed by atoms with van der Waals surface area (Å²) in [5, 5.41) is 6.75. The smallest absolute Gasteiger partial charge is 0.408 e. The minimum atomic E-state index is -0.468. The highest BCUT2D eigenvalue weighted by molar-refractivity contribution is 6.31. The number of hydrogen-bond acceptors (Lipinski definition) is 4. The Morgan fingerprint density at radius 1 is 1.48 bits per heavy atom. The number of fused-ring (bicyclic) bond motifs is 1. The standard InChI is InChI=1S/C15H18ClN3O3.ClH/c16-10-3-4-12-13(8-10)22-15(21)19(12)7-5-14(20)18-11-2-1-6-17-9-11;/h3-4,8,11,17H,1-2,5-7,9H2,(H,18,20);1H/t11-;/m0./s1. The van der Waals surface area contributed by atoms with Crippen LogP contribution in [0.2, 0.25) is 5.02 Å². The maximum absolute atomic E-state index is 12.0. The Bertz CT molecular complexity index is 735. The Labute approximate surface area is 144 Å². The molecule has 1 amide bonds. The van der Waals surface area contributed by atoms with E-state index in [9.17, 15) is 9.59 Å². The number of benzene rings is 1. The number of halogens is 2. The second kappa shape index (κ2) is 7.86. The molecule has 2 heterocycles. The average Bonchev–Trinajstić information content (AvgIpc) is 2.80. The Morgan fingerprint density at radius 2 is 2.30 bits per heavy atom. The minimum Gasteiger partial charge on any atom is -0.408 e. The highest BCUT2D eigenvalue weighted by atomic mass is 35.5. The molecule has 2 N–H and O–H groups in total. The first-order valence-corrected chi connectivity index (χ1v) is 7.80. The molecule has 1 aromatic heterocycles. The van der Waals surface area contributed by atoms with E-state index in [1.807, 2.05) is 0 Å². The zero-order valence-electron chi connectivity index (χ0n) is 12.5. The molecule has 3 rings (SSSR count). The summed E-state index contributed by atoms with van der Waals surface area (Å²) in [5.74, 6) is -0.520. The van der Waals surface area contributed by atoms with Crippen LogP contribution in [0.15, 0.2) is 27.4 Å². The molecule has 1 atom stereocenters. The summed E-state index contributed by atoms with van der Waals surface area (Å²) in [6.45, 7) is 2.10. The van der Waals surface area contributed by atoms with Gasteiger partial charge in [0.2, 0.25) is 5.91 Å². The fourth-order valence-electron chi connectivity index (χ4n) is 2.74. The van der Waals surface area contributed by atoms with Crippen molar-refractivity contribution in [2.75, 3.05) is 13.1 Å². The molecule has 1 aliphatic rings. The van der Waals surface area contributed by atoms with Crippen LogP contribution in [-0.4, -0.2) is 29.6 Å². The van der Waals surface area contributed by atoms with Gasteiger partial charge in [-0.15, -0.1) is 12.4 Å². The largest absolute Gasteiger partial charge is 0.419 e. The van der Waals surface area contributed by atoms with Gasteiger partial charge < -0.3 is 15.1 Å². The first-order valence-electron chi connectivity index (χ1n) is 7.42. The van der Waals surface area contributed by atoms with E-state index in [2.05, 4.69) is 10.6 Å². The normalized spacial score (nSPS) is 17.7. The number of amides is 1. The summed E-state index contributed by atoms with van der Waals surface area (Å²) < 4.78 is 6.61. The lowest BCUT2D eigenvalue weighted by Crippen LogP contribution is -2.45. The van der Waals surface area contributed by atoms with Crippen LogP contribution in [0.4, 0.5) is 0 Å². The third-order valence-electron chi connectivity index (χ3n) is 3.85. The number of carbonyl (C=O) groups excluding carboxylic acids is 1. The van der Waals surface area contributed by atoms with Crippen molar-refractivity contribution in [1.82, 2.24) is 15.2 Å². The highest BCUT2D eigenvalue weighted by Crippen LogP contribution is 2.18. The number of rotatable bonds is 4. The van der Waals surface area contributed by atoms with Crippen LogP contribution in [0.5, 0.6) is 0 Å². The number of carbonyl (C=O) groups is 1.